The van der Waals surface area contributed by atoms with Crippen molar-refractivity contribution < 1.29 is 52.7 Å². The predicted molar refractivity (Wildman–Crippen MR) is 293 cm³/mol. The number of rotatable bonds is 11. The lowest BCUT2D eigenvalue weighted by atomic mass is 10.2. The van der Waals surface area contributed by atoms with E-state index >= 15 is 0 Å². The standard InChI is InChI=1S/C23H29F3N10O3S.C18H18ClF3N8O.C5H12N2O2S.CH4/c1-40(37,38)35-6-4-34(5-7-35)22-29-16-19(33-8-10-39-11-9-33)31-18(32-20(16)36(22)13-14-2-3-14)15-12-28-21(27)30-17(15)23(24,25)26;19-16-25-11-14(29-3-5-31-6-4-29)27-13(28-15(11)30(16)8-9-1-2-9)10-7-24-17(23)26-12(10)18(20,21)22;1-10(8,9)7-4-2-6-3-5-7;/h12,14H,2-11,13H2,1H3,(H2,27,28,30);7,9H,1-6,8H2,(H2,23,24,26);6H,2-5H2,1H3;1H4. The van der Waals surface area contributed by atoms with E-state index in [1.165, 1.54) is 21.1 Å². The lowest BCUT2D eigenvalue weighted by Crippen LogP contribution is -2.49. The number of nitrogens with two attached hydrogens (primary N) is 2. The molecule has 0 bridgehead atoms. The average molecular weight is 1220 g/mol. The molecule has 6 fully saturated rings. The summed E-state index contributed by atoms with van der Waals surface area (Å²) in [6, 6.07) is 0. The maximum absolute atomic E-state index is 14.0. The van der Waals surface area contributed by atoms with Crippen LogP contribution in [0.25, 0.3) is 45.1 Å². The van der Waals surface area contributed by atoms with Gasteiger partial charge in [-0.1, -0.05) is 7.43 Å². The molecule has 82 heavy (non-hydrogen) atoms. The van der Waals surface area contributed by atoms with Gasteiger partial charge in [0.2, 0.25) is 43.2 Å². The Bertz CT molecular complexity index is 3490. The van der Waals surface area contributed by atoms with Gasteiger partial charge >= 0.3 is 12.4 Å². The number of morpholine rings is 2. The minimum Gasteiger partial charge on any atom is -0.378 e. The fourth-order valence-corrected chi connectivity index (χ4v) is 11.5. The van der Waals surface area contributed by atoms with Gasteiger partial charge in [0.15, 0.2) is 57.0 Å². The Hall–Kier alpha value is -6.17. The number of alkyl halides is 6. The van der Waals surface area contributed by atoms with Crippen LogP contribution in [0.2, 0.25) is 5.28 Å². The van der Waals surface area contributed by atoms with Gasteiger partial charge in [-0.2, -0.15) is 35.0 Å². The molecule has 0 aromatic carbocycles. The van der Waals surface area contributed by atoms with Crippen molar-refractivity contribution in [3.8, 4) is 22.8 Å². The first-order valence-corrected chi connectivity index (χ1v) is 30.1. The summed E-state index contributed by atoms with van der Waals surface area (Å²) in [5.74, 6) is 0.938. The van der Waals surface area contributed by atoms with Crippen molar-refractivity contribution in [1.29, 1.82) is 0 Å². The number of nitrogens with zero attached hydrogens (tertiary/aromatic N) is 17. The van der Waals surface area contributed by atoms with Gasteiger partial charge in [-0.3, -0.25) is 9.13 Å². The molecule has 5 N–H and O–H groups in total. The fourth-order valence-electron chi connectivity index (χ4n) is 9.60. The summed E-state index contributed by atoms with van der Waals surface area (Å²) in [5.41, 5.74) is 9.49. The summed E-state index contributed by atoms with van der Waals surface area (Å²) in [6.07, 6.45) is -0.939. The molecular weight excluding hydrogens is 1150 g/mol. The molecule has 6 aliphatic rings. The number of aromatic nitrogens is 12. The molecule has 448 valence electrons. The first-order valence-electron chi connectivity index (χ1n) is 26.0. The second-order valence-electron chi connectivity index (χ2n) is 20.2. The van der Waals surface area contributed by atoms with E-state index in [1.54, 1.807) is 4.57 Å². The third-order valence-electron chi connectivity index (χ3n) is 14.2. The number of piperazine rings is 2. The molecule has 35 heteroatoms. The summed E-state index contributed by atoms with van der Waals surface area (Å²) in [5, 5.41) is 3.31. The summed E-state index contributed by atoms with van der Waals surface area (Å²) < 4.78 is 146. The molecule has 2 aliphatic carbocycles. The molecule has 0 spiro atoms. The van der Waals surface area contributed by atoms with Crippen LogP contribution < -0.4 is 31.5 Å². The SMILES string of the molecule is C.CS(=O)(=O)N1CCN(c2nc3c(N4CCOCC4)nc(-c4cnc(N)nc4C(F)(F)F)nc3n2CC2CC2)CC1.CS(=O)(=O)N1CCNCC1.Nc1ncc(-c2nc(N3CCOCC3)c3nc(Cl)n(CC4CC4)c3n2)c(C(F)(F)F)n1. The third-order valence-corrected chi connectivity index (χ3v) is 17.0. The highest BCUT2D eigenvalue weighted by atomic mass is 35.5. The summed E-state index contributed by atoms with van der Waals surface area (Å²) in [7, 11) is -6.26. The molecule has 4 aliphatic heterocycles. The lowest BCUT2D eigenvalue weighted by molar-refractivity contribution is -0.141. The summed E-state index contributed by atoms with van der Waals surface area (Å²) >= 11 is 6.39. The highest BCUT2D eigenvalue weighted by molar-refractivity contribution is 7.88. The van der Waals surface area contributed by atoms with Crippen LogP contribution in [-0.2, 0) is 55.0 Å². The highest BCUT2D eigenvalue weighted by Gasteiger charge is 2.40. The predicted octanol–water partition coefficient (Wildman–Crippen LogP) is 3.48. The van der Waals surface area contributed by atoms with Crippen molar-refractivity contribution in [2.75, 3.05) is 144 Å². The Labute approximate surface area is 473 Å². The molecule has 0 atom stereocenters. The minimum atomic E-state index is -4.80. The van der Waals surface area contributed by atoms with Crippen LogP contribution in [0, 0.1) is 11.8 Å². The Balaban J connectivity index is 0.000000171. The Morgan fingerprint density at radius 1 is 0.573 bits per heavy atom. The Morgan fingerprint density at radius 2 is 0.988 bits per heavy atom. The number of ether oxygens (including phenoxy) is 2. The molecule has 0 unspecified atom stereocenters. The number of anilines is 5. The maximum Gasteiger partial charge on any atom is 0.434 e. The zero-order valence-corrected chi connectivity index (χ0v) is 46.4. The van der Waals surface area contributed by atoms with Gasteiger partial charge in [-0.15, -0.1) is 0 Å². The van der Waals surface area contributed by atoms with Crippen LogP contribution >= 0.6 is 11.6 Å². The van der Waals surface area contributed by atoms with Crippen molar-refractivity contribution in [2.24, 2.45) is 11.8 Å². The van der Waals surface area contributed by atoms with Crippen LogP contribution in [0.15, 0.2) is 12.4 Å². The molecule has 10 heterocycles. The number of nitrogen functional groups attached to an aromatic ring is 2. The van der Waals surface area contributed by atoms with Gasteiger partial charge in [-0.05, 0) is 49.1 Å². The van der Waals surface area contributed by atoms with Gasteiger partial charge in [0.05, 0.1) is 50.1 Å². The molecule has 2 saturated carbocycles. The Kier molecular flexibility index (Phi) is 17.8. The minimum absolute atomic E-state index is 0. The van der Waals surface area contributed by atoms with Gasteiger partial charge in [0.25, 0.3) is 0 Å². The van der Waals surface area contributed by atoms with E-state index in [2.05, 4.69) is 50.2 Å². The topological polar surface area (TPSA) is 306 Å². The van der Waals surface area contributed by atoms with Crippen molar-refractivity contribution in [3.63, 3.8) is 0 Å². The van der Waals surface area contributed by atoms with Crippen molar-refractivity contribution in [1.82, 2.24) is 72.9 Å². The van der Waals surface area contributed by atoms with Crippen molar-refractivity contribution >= 4 is 83.5 Å². The van der Waals surface area contributed by atoms with E-state index in [0.29, 0.717) is 157 Å². The molecular formula is C47H63ClF6N20O6S2. The van der Waals surface area contributed by atoms with E-state index in [-0.39, 0.29) is 35.5 Å². The van der Waals surface area contributed by atoms with E-state index < -0.39 is 55.7 Å². The van der Waals surface area contributed by atoms with E-state index in [4.69, 9.17) is 37.5 Å². The third kappa shape index (κ3) is 13.9. The fraction of sp³-hybridized carbons (Fsp3) is 0.617. The molecule has 6 aromatic heterocycles. The molecule has 6 aromatic rings. The largest absolute Gasteiger partial charge is 0.434 e. The second kappa shape index (κ2) is 24.2. The normalized spacial score (nSPS) is 18.9. The van der Waals surface area contributed by atoms with Crippen LogP contribution in [0.1, 0.15) is 44.5 Å². The monoisotopic (exact) mass is 1220 g/mol. The number of halogens is 7. The first kappa shape index (κ1) is 60.4. The van der Waals surface area contributed by atoms with Crippen LogP contribution in [0.4, 0.5) is 55.8 Å². The van der Waals surface area contributed by atoms with Gasteiger partial charge in [0, 0.05) is 104 Å². The van der Waals surface area contributed by atoms with Gasteiger partial charge in [0.1, 0.15) is 0 Å². The number of hydrogen-bond donors (Lipinski definition) is 3. The highest BCUT2D eigenvalue weighted by Crippen LogP contribution is 2.41. The van der Waals surface area contributed by atoms with Crippen molar-refractivity contribution in [2.45, 2.75) is 58.6 Å². The summed E-state index contributed by atoms with van der Waals surface area (Å²) in [6.45, 7) is 9.17. The van der Waals surface area contributed by atoms with Gasteiger partial charge < -0.3 is 41.0 Å². The maximum atomic E-state index is 14.0. The van der Waals surface area contributed by atoms with Crippen molar-refractivity contribution in [3.05, 3.63) is 29.1 Å². The Morgan fingerprint density at radius 3 is 1.40 bits per heavy atom. The smallest absolute Gasteiger partial charge is 0.378 e. The number of hydrogen-bond acceptors (Lipinski definition) is 22. The quantitative estimate of drug-likeness (QED) is 0.124. The molecule has 4 saturated heterocycles. The second-order valence-corrected chi connectivity index (χ2v) is 24.5. The average Bonchev–Trinajstić information content (AvgIpc) is 4.57. The lowest BCUT2D eigenvalue weighted by Gasteiger charge is -2.34. The van der Waals surface area contributed by atoms with E-state index in [0.717, 1.165) is 51.2 Å². The van der Waals surface area contributed by atoms with Crippen LogP contribution in [0.3, 0.4) is 0 Å². The number of imidazole rings is 2. The zero-order chi connectivity index (χ0) is 57.6. The molecule has 0 amide bonds. The molecule has 0 radical (unpaired) electrons. The molecule has 12 rings (SSSR count). The number of sulfonamides is 2. The first-order chi connectivity index (χ1) is 38.4. The zero-order valence-electron chi connectivity index (χ0n) is 44.0. The van der Waals surface area contributed by atoms with Crippen LogP contribution in [-0.4, -0.2) is 202 Å². The number of nitrogens with one attached hydrogen (secondary N) is 1. The van der Waals surface area contributed by atoms with Gasteiger partial charge in [-0.25, -0.2) is 66.7 Å². The number of fused-ring (bicyclic) bond motifs is 2. The van der Waals surface area contributed by atoms with E-state index in [1.807, 2.05) is 19.3 Å². The summed E-state index contributed by atoms with van der Waals surface area (Å²) in [4.78, 5) is 47.8. The van der Waals surface area contributed by atoms with Crippen LogP contribution in [0.5, 0.6) is 0 Å². The molecule has 26 nitrogen and oxygen atoms in total. The van der Waals surface area contributed by atoms with E-state index in [9.17, 15) is 43.2 Å².